The zero-order chi connectivity index (χ0) is 12.8. The summed E-state index contributed by atoms with van der Waals surface area (Å²) in [4.78, 5) is 12.2. The molecule has 1 amide bonds. The van der Waals surface area contributed by atoms with E-state index >= 15 is 0 Å². The monoisotopic (exact) mass is 277 g/mol. The molecule has 2 aliphatic carbocycles. The summed E-state index contributed by atoms with van der Waals surface area (Å²) < 4.78 is -0.861. The van der Waals surface area contributed by atoms with Crippen LogP contribution in [0.3, 0.4) is 0 Å². The first kappa shape index (κ1) is 13.5. The number of hydrogen-bond acceptors (Lipinski definition) is 1. The zero-order valence-electron chi connectivity index (χ0n) is 10.7. The summed E-state index contributed by atoms with van der Waals surface area (Å²) in [5.41, 5.74) is -0.587. The molecule has 4 atom stereocenters. The Kier molecular flexibility index (Phi) is 3.42. The van der Waals surface area contributed by atoms with E-state index in [2.05, 4.69) is 19.2 Å². The fourth-order valence-corrected chi connectivity index (χ4v) is 3.47. The number of carbonyl (C=O) groups excluding carboxylic acids is 1. The average Bonchev–Trinajstić information content (AvgIpc) is 2.75. The molecule has 17 heavy (non-hydrogen) atoms. The van der Waals surface area contributed by atoms with E-state index in [0.29, 0.717) is 18.3 Å². The van der Waals surface area contributed by atoms with Crippen LogP contribution in [0.4, 0.5) is 0 Å². The maximum atomic E-state index is 12.2. The molecule has 0 radical (unpaired) electrons. The van der Waals surface area contributed by atoms with Crippen molar-refractivity contribution in [2.24, 2.45) is 17.3 Å². The summed E-state index contributed by atoms with van der Waals surface area (Å²) >= 11 is 12.1. The number of halogens is 2. The molecule has 2 aliphatic rings. The predicted molar refractivity (Wildman–Crippen MR) is 71.3 cm³/mol. The van der Waals surface area contributed by atoms with Gasteiger partial charge in [0.1, 0.15) is 4.33 Å². The molecule has 0 spiro atoms. The fraction of sp³-hybridized carbons (Fsp3) is 0.923. The van der Waals surface area contributed by atoms with Gasteiger partial charge in [-0.3, -0.25) is 4.79 Å². The lowest BCUT2D eigenvalue weighted by Gasteiger charge is -2.35. The van der Waals surface area contributed by atoms with Crippen LogP contribution >= 0.6 is 23.2 Å². The Hall–Kier alpha value is 0.0500. The quantitative estimate of drug-likeness (QED) is 0.769. The normalized spacial score (nSPS) is 44.2. The number of carbonyl (C=O) groups is 1. The second-order valence-corrected chi connectivity index (χ2v) is 7.54. The third-order valence-corrected chi connectivity index (χ3v) is 5.88. The van der Waals surface area contributed by atoms with Gasteiger partial charge in [-0.25, -0.2) is 0 Å². The molecule has 2 saturated carbocycles. The first-order valence-electron chi connectivity index (χ1n) is 6.47. The van der Waals surface area contributed by atoms with Crippen LogP contribution < -0.4 is 5.32 Å². The van der Waals surface area contributed by atoms with Crippen LogP contribution in [0.1, 0.15) is 46.5 Å². The van der Waals surface area contributed by atoms with Gasteiger partial charge in [-0.1, -0.05) is 26.7 Å². The first-order valence-corrected chi connectivity index (χ1v) is 7.22. The van der Waals surface area contributed by atoms with Crippen molar-refractivity contribution in [3.05, 3.63) is 0 Å². The summed E-state index contributed by atoms with van der Waals surface area (Å²) in [7, 11) is 0. The van der Waals surface area contributed by atoms with Crippen molar-refractivity contribution in [2.75, 3.05) is 0 Å². The highest BCUT2D eigenvalue weighted by Crippen LogP contribution is 2.63. The third-order valence-electron chi connectivity index (χ3n) is 4.78. The van der Waals surface area contributed by atoms with Gasteiger partial charge in [0.05, 0.1) is 5.41 Å². The smallest absolute Gasteiger partial charge is 0.229 e. The molecule has 4 heteroatoms. The second kappa shape index (κ2) is 4.31. The van der Waals surface area contributed by atoms with Crippen LogP contribution in [0.2, 0.25) is 0 Å². The van der Waals surface area contributed by atoms with Crippen molar-refractivity contribution in [3.8, 4) is 0 Å². The number of hydrogen-bond donors (Lipinski definition) is 1. The van der Waals surface area contributed by atoms with Gasteiger partial charge in [0.15, 0.2) is 0 Å². The molecule has 0 heterocycles. The van der Waals surface area contributed by atoms with E-state index in [-0.39, 0.29) is 11.9 Å². The van der Waals surface area contributed by atoms with E-state index in [0.717, 1.165) is 6.42 Å². The Balaban J connectivity index is 1.95. The summed E-state index contributed by atoms with van der Waals surface area (Å²) in [6.07, 6.45) is 4.09. The van der Waals surface area contributed by atoms with Crippen molar-refractivity contribution in [2.45, 2.75) is 56.8 Å². The van der Waals surface area contributed by atoms with Crippen molar-refractivity contribution in [1.82, 2.24) is 5.32 Å². The van der Waals surface area contributed by atoms with E-state index < -0.39 is 9.75 Å². The summed E-state index contributed by atoms with van der Waals surface area (Å²) in [6, 6.07) is 0.285. The lowest BCUT2D eigenvalue weighted by molar-refractivity contribution is -0.127. The number of alkyl halides is 2. The Morgan fingerprint density at radius 2 is 1.88 bits per heavy atom. The Morgan fingerprint density at radius 1 is 1.29 bits per heavy atom. The van der Waals surface area contributed by atoms with Crippen molar-refractivity contribution >= 4 is 29.1 Å². The highest BCUT2D eigenvalue weighted by atomic mass is 35.5. The molecule has 0 aromatic heterocycles. The summed E-state index contributed by atoms with van der Waals surface area (Å²) in [5.74, 6) is 1.24. The van der Waals surface area contributed by atoms with Crippen LogP contribution in [-0.4, -0.2) is 16.3 Å². The lowest BCUT2D eigenvalue weighted by atomic mass is 9.78. The number of rotatable bonds is 2. The SMILES string of the molecule is C[C@H]1[C@@H](NC(=O)[C@@]2(C)CC2(Cl)Cl)CCC[C@@H]1C. The van der Waals surface area contributed by atoms with E-state index in [4.69, 9.17) is 23.2 Å². The minimum atomic E-state index is -0.861. The van der Waals surface area contributed by atoms with E-state index in [1.54, 1.807) is 0 Å². The van der Waals surface area contributed by atoms with Gasteiger partial charge in [-0.15, -0.1) is 23.2 Å². The minimum absolute atomic E-state index is 0.0217. The molecule has 0 aliphatic heterocycles. The Bertz CT molecular complexity index is 331. The molecular weight excluding hydrogens is 257 g/mol. The van der Waals surface area contributed by atoms with Gasteiger partial charge in [-0.2, -0.15) is 0 Å². The highest BCUT2D eigenvalue weighted by Gasteiger charge is 2.68. The van der Waals surface area contributed by atoms with Gasteiger partial charge in [-0.05, 0) is 31.6 Å². The number of amides is 1. The maximum absolute atomic E-state index is 12.2. The first-order chi connectivity index (χ1) is 7.78. The predicted octanol–water partition coefficient (Wildman–Crippen LogP) is 3.51. The second-order valence-electron chi connectivity index (χ2n) is 6.06. The minimum Gasteiger partial charge on any atom is -0.353 e. The largest absolute Gasteiger partial charge is 0.353 e. The molecule has 2 nitrogen and oxygen atoms in total. The van der Waals surface area contributed by atoms with Gasteiger partial charge in [0, 0.05) is 6.04 Å². The molecule has 0 saturated heterocycles. The summed E-state index contributed by atoms with van der Waals surface area (Å²) in [5, 5.41) is 3.15. The van der Waals surface area contributed by atoms with Crippen LogP contribution in [0, 0.1) is 17.3 Å². The molecule has 1 N–H and O–H groups in total. The molecule has 98 valence electrons. The average molecular weight is 278 g/mol. The van der Waals surface area contributed by atoms with Gasteiger partial charge in [0.2, 0.25) is 5.91 Å². The number of nitrogens with one attached hydrogen (secondary N) is 1. The summed E-state index contributed by atoms with van der Waals surface area (Å²) in [6.45, 7) is 6.33. The van der Waals surface area contributed by atoms with Crippen molar-refractivity contribution < 1.29 is 4.79 Å². The molecule has 0 unspecified atom stereocenters. The van der Waals surface area contributed by atoms with Crippen LogP contribution in [-0.2, 0) is 4.79 Å². The molecule has 0 aromatic carbocycles. The van der Waals surface area contributed by atoms with Crippen LogP contribution in [0.5, 0.6) is 0 Å². The van der Waals surface area contributed by atoms with Crippen LogP contribution in [0.15, 0.2) is 0 Å². The zero-order valence-corrected chi connectivity index (χ0v) is 12.2. The van der Waals surface area contributed by atoms with Crippen molar-refractivity contribution in [3.63, 3.8) is 0 Å². The molecule has 0 bridgehead atoms. The van der Waals surface area contributed by atoms with E-state index in [1.807, 2.05) is 6.92 Å². The standard InChI is InChI=1S/C13H21Cl2NO/c1-8-5-4-6-10(9(8)2)16-11(17)12(3)7-13(12,14)15/h8-10H,4-7H2,1-3H3,(H,16,17)/t8-,9+,10-,12+/m0/s1. The van der Waals surface area contributed by atoms with Gasteiger partial charge in [0.25, 0.3) is 0 Å². The molecule has 2 fully saturated rings. The molecule has 0 aromatic rings. The lowest BCUT2D eigenvalue weighted by Crippen LogP contribution is -2.46. The topological polar surface area (TPSA) is 29.1 Å². The Labute approximate surface area is 113 Å². The van der Waals surface area contributed by atoms with Gasteiger partial charge >= 0.3 is 0 Å². The van der Waals surface area contributed by atoms with E-state index in [9.17, 15) is 4.79 Å². The van der Waals surface area contributed by atoms with E-state index in [1.165, 1.54) is 12.8 Å². The maximum Gasteiger partial charge on any atom is 0.229 e. The Morgan fingerprint density at radius 3 is 2.41 bits per heavy atom. The highest BCUT2D eigenvalue weighted by molar-refractivity contribution is 6.53. The van der Waals surface area contributed by atoms with Crippen LogP contribution in [0.25, 0.3) is 0 Å². The van der Waals surface area contributed by atoms with Crippen molar-refractivity contribution in [1.29, 1.82) is 0 Å². The fourth-order valence-electron chi connectivity index (χ4n) is 2.76. The molecular formula is C13H21Cl2NO. The molecule has 2 rings (SSSR count). The van der Waals surface area contributed by atoms with Gasteiger partial charge < -0.3 is 5.32 Å². The third kappa shape index (κ3) is 2.31.